The maximum atomic E-state index is 13.2. The average molecular weight is 604 g/mol. The van der Waals surface area contributed by atoms with Gasteiger partial charge in [-0.1, -0.05) is 7.43 Å². The number of nitrogens with one attached hydrogen (secondary N) is 2. The van der Waals surface area contributed by atoms with Gasteiger partial charge in [-0.15, -0.1) is 0 Å². The van der Waals surface area contributed by atoms with Crippen LogP contribution in [-0.4, -0.2) is 92.6 Å². The van der Waals surface area contributed by atoms with Crippen molar-refractivity contribution in [2.75, 3.05) is 56.0 Å². The van der Waals surface area contributed by atoms with E-state index in [4.69, 9.17) is 0 Å². The van der Waals surface area contributed by atoms with Gasteiger partial charge in [-0.2, -0.15) is 5.10 Å². The second-order valence-corrected chi connectivity index (χ2v) is 11.3. The molecule has 7 rings (SSSR count). The third-order valence-electron chi connectivity index (χ3n) is 8.47. The van der Waals surface area contributed by atoms with Crippen molar-refractivity contribution >= 4 is 34.1 Å². The molecule has 1 atom stereocenters. The van der Waals surface area contributed by atoms with Crippen molar-refractivity contribution in [3.05, 3.63) is 85.5 Å². The van der Waals surface area contributed by atoms with Gasteiger partial charge in [0.2, 0.25) is 11.8 Å². The zero-order valence-corrected chi connectivity index (χ0v) is 24.3. The van der Waals surface area contributed by atoms with E-state index < -0.39 is 0 Å². The molecule has 0 spiro atoms. The average Bonchev–Trinajstić information content (AvgIpc) is 3.73. The molecule has 0 aliphatic carbocycles. The zero-order valence-electron chi connectivity index (χ0n) is 24.3. The number of carbonyl (C=O) groups is 2. The molecule has 2 N–H and O–H groups in total. The summed E-state index contributed by atoms with van der Waals surface area (Å²) in [4.78, 5) is 45.4. The summed E-state index contributed by atoms with van der Waals surface area (Å²) in [5, 5.41) is 11.5. The number of rotatable bonds is 7. The molecular weight excluding hydrogens is 566 g/mol. The first-order valence-corrected chi connectivity index (χ1v) is 14.9. The molecule has 0 bridgehead atoms. The summed E-state index contributed by atoms with van der Waals surface area (Å²) in [5.74, 6) is 0.647. The van der Waals surface area contributed by atoms with Gasteiger partial charge in [0.25, 0.3) is 0 Å². The highest BCUT2D eigenvalue weighted by molar-refractivity contribution is 5.99. The Morgan fingerprint density at radius 3 is 2.38 bits per heavy atom. The number of aromatic nitrogens is 5. The lowest BCUT2D eigenvalue weighted by atomic mass is 10.1. The van der Waals surface area contributed by atoms with Gasteiger partial charge in [-0.05, 0) is 73.6 Å². The van der Waals surface area contributed by atoms with Crippen LogP contribution in [0.15, 0.2) is 85.5 Å². The predicted octanol–water partition coefficient (Wildman–Crippen LogP) is 4.33. The molecule has 2 aromatic carbocycles. The number of fused-ring (bicyclic) bond motifs is 1. The number of piperazine rings is 1. The minimum Gasteiger partial charge on any atom is -0.368 e. The van der Waals surface area contributed by atoms with Gasteiger partial charge in [0.1, 0.15) is 5.69 Å². The second-order valence-electron chi connectivity index (χ2n) is 11.3. The molecule has 3 aromatic heterocycles. The Morgan fingerprint density at radius 2 is 1.62 bits per heavy atom. The number of likely N-dealkylation sites (tertiary alicyclic amines) is 1. The number of hydrogen-bond acceptors (Lipinski definition) is 8. The predicted molar refractivity (Wildman–Crippen MR) is 175 cm³/mol. The zero-order chi connectivity index (χ0) is 29.9. The number of nitrogens with zero attached hydrogens (tertiary/aromatic N) is 7. The number of H-pyrrole nitrogens is 1. The fourth-order valence-electron chi connectivity index (χ4n) is 6.03. The molecule has 0 radical (unpaired) electrons. The number of pyridine rings is 1. The number of carbonyl (C=O) groups excluding carboxylic acids is 2. The molecule has 2 saturated heterocycles. The van der Waals surface area contributed by atoms with E-state index in [1.54, 1.807) is 24.8 Å². The topological polar surface area (TPSA) is 123 Å². The molecule has 11 heteroatoms. The third-order valence-corrected chi connectivity index (χ3v) is 8.47. The van der Waals surface area contributed by atoms with Crippen LogP contribution in [-0.2, 0) is 9.59 Å². The standard InChI is InChI=1S/C33H33N9O2.CH4/c43-30(42-18-16-41(17-19-42)27-5-2-24(3-6-27)32-35-11-1-12-36-32)22-40-15-10-25(21-40)33(44)37-26-4-7-29-28(20-26)31(39-38-29)23-8-13-34-14-9-23;/h1-9,11-14,20,25H,10,15-19,21-22H2,(H,37,44)(H,38,39);1H4/t25-;/m1./s1. The Bertz CT molecular complexity index is 1750. The number of hydrogen-bond donors (Lipinski definition) is 2. The Kier molecular flexibility index (Phi) is 8.79. The largest absolute Gasteiger partial charge is 0.368 e. The summed E-state index contributed by atoms with van der Waals surface area (Å²) in [6.07, 6.45) is 7.69. The smallest absolute Gasteiger partial charge is 0.236 e. The van der Waals surface area contributed by atoms with Crippen LogP contribution in [0.2, 0.25) is 0 Å². The molecule has 0 unspecified atom stereocenters. The monoisotopic (exact) mass is 603 g/mol. The molecule has 45 heavy (non-hydrogen) atoms. The molecule has 2 fully saturated rings. The molecule has 2 aliphatic heterocycles. The van der Waals surface area contributed by atoms with Crippen LogP contribution in [0.4, 0.5) is 11.4 Å². The summed E-state index contributed by atoms with van der Waals surface area (Å²) >= 11 is 0. The van der Waals surface area contributed by atoms with E-state index >= 15 is 0 Å². The summed E-state index contributed by atoms with van der Waals surface area (Å²) in [6.45, 7) is 4.56. The number of benzene rings is 2. The van der Waals surface area contributed by atoms with E-state index in [1.807, 2.05) is 53.4 Å². The van der Waals surface area contributed by atoms with Crippen molar-refractivity contribution in [2.24, 2.45) is 5.92 Å². The van der Waals surface area contributed by atoms with Crippen LogP contribution >= 0.6 is 0 Å². The molecule has 230 valence electrons. The lowest BCUT2D eigenvalue weighted by molar-refractivity contribution is -0.132. The summed E-state index contributed by atoms with van der Waals surface area (Å²) < 4.78 is 0. The van der Waals surface area contributed by atoms with Gasteiger partial charge in [0, 0.05) is 85.4 Å². The Morgan fingerprint density at radius 1 is 0.867 bits per heavy atom. The van der Waals surface area contributed by atoms with Gasteiger partial charge in [-0.25, -0.2) is 9.97 Å². The van der Waals surface area contributed by atoms with Crippen molar-refractivity contribution in [1.82, 2.24) is 34.9 Å². The van der Waals surface area contributed by atoms with E-state index in [0.29, 0.717) is 32.0 Å². The van der Waals surface area contributed by atoms with Crippen molar-refractivity contribution in [3.8, 4) is 22.6 Å². The summed E-state index contributed by atoms with van der Waals surface area (Å²) in [6, 6.07) is 19.7. The third kappa shape index (κ3) is 6.53. The van der Waals surface area contributed by atoms with E-state index in [2.05, 4.69) is 52.4 Å². The summed E-state index contributed by atoms with van der Waals surface area (Å²) in [5.41, 5.74) is 5.52. The Balaban J connectivity index is 0.00000357. The van der Waals surface area contributed by atoms with Gasteiger partial charge < -0.3 is 15.1 Å². The molecule has 11 nitrogen and oxygen atoms in total. The Hall–Kier alpha value is -5.16. The van der Waals surface area contributed by atoms with Crippen molar-refractivity contribution in [3.63, 3.8) is 0 Å². The quantitative estimate of drug-likeness (QED) is 0.282. The van der Waals surface area contributed by atoms with Gasteiger partial charge in [0.15, 0.2) is 5.82 Å². The fourth-order valence-corrected chi connectivity index (χ4v) is 6.03. The van der Waals surface area contributed by atoms with Gasteiger partial charge in [0.05, 0.1) is 18.0 Å². The van der Waals surface area contributed by atoms with Crippen molar-refractivity contribution < 1.29 is 9.59 Å². The van der Waals surface area contributed by atoms with E-state index in [0.717, 1.165) is 65.2 Å². The SMILES string of the molecule is C.O=C(Nc1ccc2[nH]nc(-c3ccncc3)c2c1)[C@@H]1CCN(CC(=O)N2CCN(c3ccc(-c4ncccn4)cc3)CC2)C1. The van der Waals surface area contributed by atoms with Crippen molar-refractivity contribution in [2.45, 2.75) is 13.8 Å². The van der Waals surface area contributed by atoms with Crippen LogP contribution in [0.25, 0.3) is 33.5 Å². The first-order chi connectivity index (χ1) is 21.6. The summed E-state index contributed by atoms with van der Waals surface area (Å²) in [7, 11) is 0. The molecule has 5 aromatic rings. The minimum atomic E-state index is -0.163. The highest BCUT2D eigenvalue weighted by atomic mass is 16.2. The van der Waals surface area contributed by atoms with Crippen molar-refractivity contribution in [1.29, 1.82) is 0 Å². The normalized spacial score (nSPS) is 16.8. The van der Waals surface area contributed by atoms with Crippen LogP contribution in [0, 0.1) is 5.92 Å². The lowest BCUT2D eigenvalue weighted by Crippen LogP contribution is -2.51. The highest BCUT2D eigenvalue weighted by Gasteiger charge is 2.31. The molecule has 2 aliphatic rings. The fraction of sp³-hybridized carbons (Fsp3) is 0.294. The van der Waals surface area contributed by atoms with Gasteiger partial charge >= 0.3 is 0 Å². The number of aromatic amines is 1. The van der Waals surface area contributed by atoms with Crippen LogP contribution in [0.1, 0.15) is 13.8 Å². The van der Waals surface area contributed by atoms with E-state index in [9.17, 15) is 9.59 Å². The number of anilines is 2. The molecule has 5 heterocycles. The number of amides is 2. The van der Waals surface area contributed by atoms with E-state index in [-0.39, 0.29) is 25.2 Å². The first kappa shape index (κ1) is 29.9. The molecule has 0 saturated carbocycles. The highest BCUT2D eigenvalue weighted by Crippen LogP contribution is 2.29. The lowest BCUT2D eigenvalue weighted by Gasteiger charge is -2.36. The maximum Gasteiger partial charge on any atom is 0.236 e. The minimum absolute atomic E-state index is 0. The Labute approximate surface area is 262 Å². The maximum absolute atomic E-state index is 13.2. The van der Waals surface area contributed by atoms with Gasteiger partial charge in [-0.3, -0.25) is 24.6 Å². The molecule has 2 amide bonds. The van der Waals surface area contributed by atoms with Crippen LogP contribution in [0.5, 0.6) is 0 Å². The second kappa shape index (κ2) is 13.2. The first-order valence-electron chi connectivity index (χ1n) is 14.9. The van der Waals surface area contributed by atoms with Crippen LogP contribution in [0.3, 0.4) is 0 Å². The van der Waals surface area contributed by atoms with Crippen LogP contribution < -0.4 is 10.2 Å². The van der Waals surface area contributed by atoms with E-state index in [1.165, 1.54) is 0 Å². The molecular formula is C34H37N9O2.